The van der Waals surface area contributed by atoms with E-state index in [4.69, 9.17) is 0 Å². The van der Waals surface area contributed by atoms with Crippen LogP contribution >= 0.6 is 15.9 Å². The van der Waals surface area contributed by atoms with Gasteiger partial charge in [-0.15, -0.1) is 0 Å². The summed E-state index contributed by atoms with van der Waals surface area (Å²) in [4.78, 5) is 15.0. The van der Waals surface area contributed by atoms with Crippen molar-refractivity contribution in [3.8, 4) is 0 Å². The van der Waals surface area contributed by atoms with Gasteiger partial charge in [0.1, 0.15) is 10.7 Å². The van der Waals surface area contributed by atoms with Crippen molar-refractivity contribution in [1.29, 1.82) is 0 Å². The molecule has 106 valence electrons. The van der Waals surface area contributed by atoms with Crippen LogP contribution in [0.3, 0.4) is 0 Å². The van der Waals surface area contributed by atoms with E-state index in [2.05, 4.69) is 36.3 Å². The van der Waals surface area contributed by atoms with Crippen molar-refractivity contribution in [3.05, 3.63) is 16.7 Å². The number of nitrogens with one attached hydrogen (secondary N) is 3. The summed E-state index contributed by atoms with van der Waals surface area (Å²) < 4.78 is 27.1. The maximum atomic E-state index is 12.1. The first kappa shape index (κ1) is 15.9. The first-order valence-corrected chi connectivity index (χ1v) is 7.72. The fraction of sp³-hybridized carbons (Fsp3) is 0.400. The Labute approximate surface area is 120 Å². The Balaban J connectivity index is 2.88. The number of halogens is 1. The molecule has 0 bridgehead atoms. The van der Waals surface area contributed by atoms with Gasteiger partial charge in [-0.2, -0.15) is 0 Å². The number of aromatic nitrogens is 1. The summed E-state index contributed by atoms with van der Waals surface area (Å²) in [6.07, 6.45) is 1.57. The van der Waals surface area contributed by atoms with Crippen molar-refractivity contribution in [2.75, 3.05) is 26.0 Å². The molecule has 0 saturated carbocycles. The molecule has 0 aliphatic rings. The Kier molecular flexibility index (Phi) is 5.70. The Morgan fingerprint density at radius 2 is 2.11 bits per heavy atom. The van der Waals surface area contributed by atoms with Crippen molar-refractivity contribution >= 4 is 37.7 Å². The lowest BCUT2D eigenvalue weighted by Crippen LogP contribution is -2.29. The molecule has 0 saturated heterocycles. The molecule has 0 aromatic carbocycles. The molecule has 0 radical (unpaired) electrons. The third-order valence-electron chi connectivity index (χ3n) is 2.27. The highest BCUT2D eigenvalue weighted by Gasteiger charge is 2.19. The standard InChI is InChI=1S/C10H15BrN4O3S/c1-12-9(16)3-4-15-19(17,18)8-5-7(11)6-14-10(8)13-2/h5-6,15H,3-4H2,1-2H3,(H,12,16)(H,13,14). The second-order valence-corrected chi connectivity index (χ2v) is 6.22. The number of nitrogens with zero attached hydrogens (tertiary/aromatic N) is 1. The summed E-state index contributed by atoms with van der Waals surface area (Å²) in [7, 11) is -0.637. The molecule has 0 atom stereocenters. The fourth-order valence-electron chi connectivity index (χ4n) is 1.31. The van der Waals surface area contributed by atoms with Crippen LogP contribution in [0.15, 0.2) is 21.6 Å². The van der Waals surface area contributed by atoms with Gasteiger partial charge in [-0.25, -0.2) is 18.1 Å². The van der Waals surface area contributed by atoms with Crippen LogP contribution < -0.4 is 15.4 Å². The van der Waals surface area contributed by atoms with Crippen LogP contribution in [0.2, 0.25) is 0 Å². The monoisotopic (exact) mass is 350 g/mol. The van der Waals surface area contributed by atoms with Crippen LogP contribution in [0.5, 0.6) is 0 Å². The summed E-state index contributed by atoms with van der Waals surface area (Å²) in [5.74, 6) is 0.0135. The maximum Gasteiger partial charge on any atom is 0.244 e. The minimum absolute atomic E-state index is 0.0255. The predicted octanol–water partition coefficient (Wildman–Crippen LogP) is 0.300. The average Bonchev–Trinajstić information content (AvgIpc) is 2.38. The third kappa shape index (κ3) is 4.44. The molecule has 0 aliphatic carbocycles. The van der Waals surface area contributed by atoms with Gasteiger partial charge in [0, 0.05) is 37.7 Å². The topological polar surface area (TPSA) is 100 Å². The number of carbonyl (C=O) groups is 1. The number of amides is 1. The molecule has 1 aromatic rings. The lowest BCUT2D eigenvalue weighted by molar-refractivity contribution is -0.120. The average molecular weight is 351 g/mol. The summed E-state index contributed by atoms with van der Waals surface area (Å²) in [6, 6.07) is 1.45. The zero-order chi connectivity index (χ0) is 14.5. The van der Waals surface area contributed by atoms with Gasteiger partial charge in [0.15, 0.2) is 0 Å². The molecule has 1 rings (SSSR count). The van der Waals surface area contributed by atoms with Crippen molar-refractivity contribution in [2.24, 2.45) is 0 Å². The number of hydrogen-bond donors (Lipinski definition) is 3. The molecule has 0 spiro atoms. The van der Waals surface area contributed by atoms with Crippen LogP contribution in [-0.2, 0) is 14.8 Å². The number of anilines is 1. The molecule has 7 nitrogen and oxygen atoms in total. The second kappa shape index (κ2) is 6.83. The van der Waals surface area contributed by atoms with E-state index < -0.39 is 10.0 Å². The first-order chi connectivity index (χ1) is 8.90. The third-order valence-corrected chi connectivity index (χ3v) is 4.18. The van der Waals surface area contributed by atoms with Crippen molar-refractivity contribution in [3.63, 3.8) is 0 Å². The van der Waals surface area contributed by atoms with Gasteiger partial charge in [-0.3, -0.25) is 4.79 Å². The van der Waals surface area contributed by atoms with Gasteiger partial charge in [-0.05, 0) is 22.0 Å². The van der Waals surface area contributed by atoms with Gasteiger partial charge in [0.25, 0.3) is 0 Å². The molecule has 1 heterocycles. The molecule has 1 amide bonds. The van der Waals surface area contributed by atoms with Gasteiger partial charge < -0.3 is 10.6 Å². The number of rotatable bonds is 6. The van der Waals surface area contributed by atoms with Gasteiger partial charge in [-0.1, -0.05) is 0 Å². The number of pyridine rings is 1. The normalized spacial score (nSPS) is 11.1. The molecule has 0 fully saturated rings. The summed E-state index contributed by atoms with van der Waals surface area (Å²) in [5.41, 5.74) is 0. The van der Waals surface area contributed by atoms with E-state index in [1.807, 2.05) is 0 Å². The lowest BCUT2D eigenvalue weighted by Gasteiger charge is -2.10. The van der Waals surface area contributed by atoms with Gasteiger partial charge >= 0.3 is 0 Å². The molecule has 3 N–H and O–H groups in total. The Morgan fingerprint density at radius 1 is 1.42 bits per heavy atom. The zero-order valence-electron chi connectivity index (χ0n) is 10.5. The summed E-state index contributed by atoms with van der Waals surface area (Å²) in [6.45, 7) is 0.0255. The predicted molar refractivity (Wildman–Crippen MR) is 75.4 cm³/mol. The van der Waals surface area contributed by atoms with E-state index in [0.717, 1.165) is 0 Å². The molecule has 1 aromatic heterocycles. The largest absolute Gasteiger partial charge is 0.372 e. The highest BCUT2D eigenvalue weighted by Crippen LogP contribution is 2.22. The van der Waals surface area contributed by atoms with Crippen molar-refractivity contribution < 1.29 is 13.2 Å². The van der Waals surface area contributed by atoms with E-state index in [1.165, 1.54) is 19.3 Å². The minimum atomic E-state index is -3.71. The van der Waals surface area contributed by atoms with Crippen LogP contribution in [0.25, 0.3) is 0 Å². The Hall–Kier alpha value is -1.19. The molecule has 0 unspecified atom stereocenters. The van der Waals surface area contributed by atoms with Crippen LogP contribution in [-0.4, -0.2) is 39.9 Å². The second-order valence-electron chi connectivity index (χ2n) is 3.57. The lowest BCUT2D eigenvalue weighted by atomic mass is 10.4. The van der Waals surface area contributed by atoms with E-state index in [0.29, 0.717) is 4.47 Å². The summed E-state index contributed by atoms with van der Waals surface area (Å²) in [5, 5.41) is 5.13. The molecular formula is C10H15BrN4O3S. The smallest absolute Gasteiger partial charge is 0.244 e. The number of sulfonamides is 1. The zero-order valence-corrected chi connectivity index (χ0v) is 12.9. The molecule has 9 heteroatoms. The molecule has 0 aliphatic heterocycles. The van der Waals surface area contributed by atoms with Gasteiger partial charge in [0.2, 0.25) is 15.9 Å². The summed E-state index contributed by atoms with van der Waals surface area (Å²) >= 11 is 3.17. The van der Waals surface area contributed by atoms with E-state index in [9.17, 15) is 13.2 Å². The highest BCUT2D eigenvalue weighted by atomic mass is 79.9. The first-order valence-electron chi connectivity index (χ1n) is 5.44. The Bertz CT molecular complexity index is 562. The van der Waals surface area contributed by atoms with Crippen molar-refractivity contribution in [1.82, 2.24) is 15.0 Å². The minimum Gasteiger partial charge on any atom is -0.372 e. The quantitative estimate of drug-likeness (QED) is 0.685. The van der Waals surface area contributed by atoms with Crippen LogP contribution in [0.4, 0.5) is 5.82 Å². The maximum absolute atomic E-state index is 12.1. The van der Waals surface area contributed by atoms with Crippen LogP contribution in [0, 0.1) is 0 Å². The fourth-order valence-corrected chi connectivity index (χ4v) is 3.02. The van der Waals surface area contributed by atoms with E-state index in [-0.39, 0.29) is 29.6 Å². The SMILES string of the molecule is CNC(=O)CCNS(=O)(=O)c1cc(Br)cnc1NC. The number of hydrogen-bond acceptors (Lipinski definition) is 5. The molecule has 19 heavy (non-hydrogen) atoms. The van der Waals surface area contributed by atoms with Gasteiger partial charge in [0.05, 0.1) is 0 Å². The van der Waals surface area contributed by atoms with E-state index >= 15 is 0 Å². The number of carbonyl (C=O) groups excluding carboxylic acids is 1. The van der Waals surface area contributed by atoms with Crippen LogP contribution in [0.1, 0.15) is 6.42 Å². The Morgan fingerprint density at radius 3 is 2.68 bits per heavy atom. The van der Waals surface area contributed by atoms with Crippen molar-refractivity contribution in [2.45, 2.75) is 11.3 Å². The highest BCUT2D eigenvalue weighted by molar-refractivity contribution is 9.10. The van der Waals surface area contributed by atoms with E-state index in [1.54, 1.807) is 7.05 Å². The molecular weight excluding hydrogens is 336 g/mol.